The van der Waals surface area contributed by atoms with Gasteiger partial charge in [0.05, 0.1) is 16.8 Å². The molecule has 0 bridgehead atoms. The average Bonchev–Trinajstić information content (AvgIpc) is 3.48. The Labute approximate surface area is 203 Å². The largest absolute Gasteiger partial charge is 0.372 e. The Hall–Kier alpha value is -3.39. The van der Waals surface area contributed by atoms with Gasteiger partial charge in [0.1, 0.15) is 17.6 Å². The third-order valence-corrected chi connectivity index (χ3v) is 6.70. The Bertz CT molecular complexity index is 1260. The molecule has 5 rings (SSSR count). The van der Waals surface area contributed by atoms with Crippen LogP contribution in [0, 0.1) is 11.2 Å². The molecule has 35 heavy (non-hydrogen) atoms. The van der Waals surface area contributed by atoms with Crippen LogP contribution in [-0.2, 0) is 17.7 Å². The molecule has 1 aromatic carbocycles. The zero-order valence-electron chi connectivity index (χ0n) is 20.3. The summed E-state index contributed by atoms with van der Waals surface area (Å²) in [6.45, 7) is 5.20. The lowest BCUT2D eigenvalue weighted by atomic mass is 9.75. The van der Waals surface area contributed by atoms with Gasteiger partial charge in [0.25, 0.3) is 5.91 Å². The molecule has 2 aromatic heterocycles. The van der Waals surface area contributed by atoms with Crippen molar-refractivity contribution in [2.24, 2.45) is 5.41 Å². The molecular weight excluding hydrogens is 447 g/mol. The summed E-state index contributed by atoms with van der Waals surface area (Å²) in [4.78, 5) is 32.2. The van der Waals surface area contributed by atoms with E-state index < -0.39 is 0 Å². The Morgan fingerprint density at radius 1 is 1.20 bits per heavy atom. The lowest BCUT2D eigenvalue weighted by Gasteiger charge is -2.29. The highest BCUT2D eigenvalue weighted by atomic mass is 19.1. The molecule has 7 nitrogen and oxygen atoms in total. The summed E-state index contributed by atoms with van der Waals surface area (Å²) in [6, 6.07) is 9.57. The second-order valence-electron chi connectivity index (χ2n) is 10.3. The molecule has 1 atom stereocenters. The zero-order valence-corrected chi connectivity index (χ0v) is 20.3. The summed E-state index contributed by atoms with van der Waals surface area (Å²) in [5.41, 5.74) is 3.35. The standard InChI is InChI=1S/C27H29FN4O3/c1-27(2)13-20-24(21(33)14-27)25(22-5-4-12-35-22)30-32(20)23-11-8-18(15-29-23)26(34)31(3)16-17-6-9-19(28)10-7-17/h6-11,15,22H,4-5,12-14,16H2,1-3H3. The number of carbonyl (C=O) groups is 2. The van der Waals surface area contributed by atoms with Crippen LogP contribution in [0.5, 0.6) is 0 Å². The van der Waals surface area contributed by atoms with Crippen molar-refractivity contribution in [2.75, 3.05) is 13.7 Å². The van der Waals surface area contributed by atoms with Crippen LogP contribution in [0.15, 0.2) is 42.6 Å². The van der Waals surface area contributed by atoms with E-state index in [1.54, 1.807) is 40.9 Å². The molecule has 1 aliphatic carbocycles. The molecule has 1 unspecified atom stereocenters. The maximum atomic E-state index is 13.2. The van der Waals surface area contributed by atoms with Crippen molar-refractivity contribution in [3.63, 3.8) is 0 Å². The van der Waals surface area contributed by atoms with Gasteiger partial charge < -0.3 is 9.64 Å². The van der Waals surface area contributed by atoms with Crippen molar-refractivity contribution in [3.05, 3.63) is 76.5 Å². The number of ketones is 1. The number of ether oxygens (including phenoxy) is 1. The highest BCUT2D eigenvalue weighted by Gasteiger charge is 2.39. The molecule has 8 heteroatoms. The number of aromatic nitrogens is 3. The van der Waals surface area contributed by atoms with E-state index in [0.29, 0.717) is 48.6 Å². The van der Waals surface area contributed by atoms with E-state index in [4.69, 9.17) is 9.84 Å². The highest BCUT2D eigenvalue weighted by Crippen LogP contribution is 2.40. The quantitative estimate of drug-likeness (QED) is 0.534. The molecule has 182 valence electrons. The van der Waals surface area contributed by atoms with Gasteiger partial charge in [-0.25, -0.2) is 14.1 Å². The summed E-state index contributed by atoms with van der Waals surface area (Å²) in [5.74, 6) is 0.166. The monoisotopic (exact) mass is 476 g/mol. The van der Waals surface area contributed by atoms with Gasteiger partial charge in [-0.05, 0) is 54.5 Å². The lowest BCUT2D eigenvalue weighted by Crippen LogP contribution is -2.28. The summed E-state index contributed by atoms with van der Waals surface area (Å²) < 4.78 is 20.8. The van der Waals surface area contributed by atoms with Crippen molar-refractivity contribution in [2.45, 2.75) is 52.2 Å². The van der Waals surface area contributed by atoms with E-state index in [-0.39, 0.29) is 29.0 Å². The van der Waals surface area contributed by atoms with Gasteiger partial charge in [-0.15, -0.1) is 0 Å². The Morgan fingerprint density at radius 3 is 2.63 bits per heavy atom. The predicted molar refractivity (Wildman–Crippen MR) is 128 cm³/mol. The van der Waals surface area contributed by atoms with Crippen molar-refractivity contribution >= 4 is 11.7 Å². The first-order valence-corrected chi connectivity index (χ1v) is 11.9. The number of carbonyl (C=O) groups excluding carboxylic acids is 2. The Morgan fingerprint density at radius 2 is 1.97 bits per heavy atom. The van der Waals surface area contributed by atoms with Crippen LogP contribution >= 0.6 is 0 Å². The maximum absolute atomic E-state index is 13.2. The number of hydrogen-bond acceptors (Lipinski definition) is 5. The number of rotatable bonds is 5. The van der Waals surface area contributed by atoms with E-state index in [2.05, 4.69) is 18.8 Å². The minimum absolute atomic E-state index is 0.0993. The molecule has 0 spiro atoms. The first-order chi connectivity index (χ1) is 16.7. The number of nitrogens with zero attached hydrogens (tertiary/aromatic N) is 4. The van der Waals surface area contributed by atoms with Crippen LogP contribution in [0.1, 0.15) is 76.9 Å². The van der Waals surface area contributed by atoms with E-state index in [1.165, 1.54) is 18.3 Å². The molecule has 3 aromatic rings. The molecule has 0 saturated carbocycles. The van der Waals surface area contributed by atoms with Gasteiger partial charge in [0, 0.05) is 32.8 Å². The number of hydrogen-bond donors (Lipinski definition) is 0. The molecule has 0 N–H and O–H groups in total. The van der Waals surface area contributed by atoms with E-state index in [9.17, 15) is 14.0 Å². The fourth-order valence-corrected chi connectivity index (χ4v) is 4.98. The van der Waals surface area contributed by atoms with Crippen molar-refractivity contribution < 1.29 is 18.7 Å². The number of benzene rings is 1. The number of halogens is 1. The third-order valence-electron chi connectivity index (χ3n) is 6.70. The Kier molecular flexibility index (Phi) is 6.01. The van der Waals surface area contributed by atoms with Gasteiger partial charge in [0.15, 0.2) is 11.6 Å². The van der Waals surface area contributed by atoms with Gasteiger partial charge >= 0.3 is 0 Å². The SMILES string of the molecule is CN(Cc1ccc(F)cc1)C(=O)c1ccc(-n2nc(C3CCCO3)c3c2CC(C)(C)CC3=O)nc1. The molecule has 0 radical (unpaired) electrons. The zero-order chi connectivity index (χ0) is 24.7. The second kappa shape index (κ2) is 9.00. The van der Waals surface area contributed by atoms with Crippen LogP contribution < -0.4 is 0 Å². The second-order valence-corrected chi connectivity index (χ2v) is 10.3. The van der Waals surface area contributed by atoms with Crippen LogP contribution in [0.4, 0.5) is 4.39 Å². The van der Waals surface area contributed by atoms with Gasteiger partial charge in [-0.2, -0.15) is 5.10 Å². The first-order valence-electron chi connectivity index (χ1n) is 11.9. The fraction of sp³-hybridized carbons (Fsp3) is 0.407. The number of fused-ring (bicyclic) bond motifs is 1. The highest BCUT2D eigenvalue weighted by molar-refractivity contribution is 6.00. The Balaban J connectivity index is 1.43. The number of pyridine rings is 1. The van der Waals surface area contributed by atoms with E-state index in [1.807, 2.05) is 0 Å². The van der Waals surface area contributed by atoms with Gasteiger partial charge in [-0.3, -0.25) is 9.59 Å². The number of Topliss-reactive ketones (excluding diaryl/α,β-unsaturated/α-hetero) is 1. The smallest absolute Gasteiger partial charge is 0.255 e. The maximum Gasteiger partial charge on any atom is 0.255 e. The lowest BCUT2D eigenvalue weighted by molar-refractivity contribution is 0.0784. The summed E-state index contributed by atoms with van der Waals surface area (Å²) in [7, 11) is 1.70. The molecule has 2 aliphatic rings. The minimum atomic E-state index is -0.309. The van der Waals surface area contributed by atoms with Crippen molar-refractivity contribution in [1.82, 2.24) is 19.7 Å². The van der Waals surface area contributed by atoms with Crippen LogP contribution in [-0.4, -0.2) is 45.0 Å². The van der Waals surface area contributed by atoms with E-state index >= 15 is 0 Å². The van der Waals surface area contributed by atoms with Gasteiger partial charge in [0.2, 0.25) is 0 Å². The molecule has 1 fully saturated rings. The van der Waals surface area contributed by atoms with Crippen molar-refractivity contribution in [1.29, 1.82) is 0 Å². The van der Waals surface area contributed by atoms with Crippen LogP contribution in [0.25, 0.3) is 5.82 Å². The summed E-state index contributed by atoms with van der Waals surface area (Å²) in [6.07, 6.45) is 4.35. The summed E-state index contributed by atoms with van der Waals surface area (Å²) >= 11 is 0. The third kappa shape index (κ3) is 4.62. The van der Waals surface area contributed by atoms with Crippen molar-refractivity contribution in [3.8, 4) is 5.82 Å². The van der Waals surface area contributed by atoms with Crippen LogP contribution in [0.2, 0.25) is 0 Å². The number of amides is 1. The predicted octanol–water partition coefficient (Wildman–Crippen LogP) is 4.69. The molecular formula is C27H29FN4O3. The minimum Gasteiger partial charge on any atom is -0.372 e. The van der Waals surface area contributed by atoms with Gasteiger partial charge in [-0.1, -0.05) is 26.0 Å². The molecule has 1 saturated heterocycles. The van der Waals surface area contributed by atoms with E-state index in [0.717, 1.165) is 24.1 Å². The summed E-state index contributed by atoms with van der Waals surface area (Å²) in [5, 5.41) is 4.81. The normalized spacial score (nSPS) is 19.0. The molecule has 1 aliphatic heterocycles. The van der Waals surface area contributed by atoms with Crippen LogP contribution in [0.3, 0.4) is 0 Å². The fourth-order valence-electron chi connectivity index (χ4n) is 4.98. The topological polar surface area (TPSA) is 77.3 Å². The molecule has 1 amide bonds. The first kappa shape index (κ1) is 23.4. The molecule has 3 heterocycles. The average molecular weight is 477 g/mol.